The lowest BCUT2D eigenvalue weighted by molar-refractivity contribution is -0.128. The Morgan fingerprint density at radius 1 is 1.20 bits per heavy atom. The number of anilines is 1. The van der Waals surface area contributed by atoms with Crippen LogP contribution in [0, 0.1) is 5.82 Å². The SMILES string of the molecule is CCCCN1C(=O)C(CC(=O)Nc2ccc(F)cc2)SC1=Nc1ccc(OC)cc1. The third-order valence-corrected chi connectivity index (χ3v) is 5.73. The van der Waals surface area contributed by atoms with Crippen LogP contribution in [-0.4, -0.2) is 40.8 Å². The molecule has 3 rings (SSSR count). The molecule has 0 saturated carbocycles. The molecule has 2 aromatic carbocycles. The molecule has 2 aromatic rings. The first kappa shape index (κ1) is 21.8. The van der Waals surface area contributed by atoms with Gasteiger partial charge in [-0.05, 0) is 55.0 Å². The molecule has 0 aromatic heterocycles. The Balaban J connectivity index is 1.72. The van der Waals surface area contributed by atoms with Crippen LogP contribution >= 0.6 is 11.8 Å². The van der Waals surface area contributed by atoms with Gasteiger partial charge in [0.05, 0.1) is 12.8 Å². The topological polar surface area (TPSA) is 71.0 Å². The van der Waals surface area contributed by atoms with Crippen LogP contribution in [0.3, 0.4) is 0 Å². The second kappa shape index (κ2) is 10.2. The summed E-state index contributed by atoms with van der Waals surface area (Å²) >= 11 is 1.30. The van der Waals surface area contributed by atoms with E-state index in [9.17, 15) is 14.0 Å². The lowest BCUT2D eigenvalue weighted by atomic mass is 10.2. The molecule has 1 aliphatic heterocycles. The standard InChI is InChI=1S/C22H24FN3O3S/c1-3-4-13-26-21(28)19(14-20(27)24-16-7-5-15(23)6-8-16)30-22(26)25-17-9-11-18(29-2)12-10-17/h5-12,19H,3-4,13-14H2,1-2H3,(H,24,27). The van der Waals surface area contributed by atoms with Gasteiger partial charge < -0.3 is 10.1 Å². The van der Waals surface area contributed by atoms with Crippen LogP contribution in [-0.2, 0) is 9.59 Å². The van der Waals surface area contributed by atoms with E-state index in [0.29, 0.717) is 23.1 Å². The Bertz CT molecular complexity index is 916. The molecule has 1 fully saturated rings. The van der Waals surface area contributed by atoms with Crippen LogP contribution in [0.1, 0.15) is 26.2 Å². The Hall–Kier alpha value is -2.87. The van der Waals surface area contributed by atoms with Gasteiger partial charge in [-0.2, -0.15) is 0 Å². The minimum absolute atomic E-state index is 0.0190. The van der Waals surface area contributed by atoms with Gasteiger partial charge in [-0.25, -0.2) is 9.38 Å². The van der Waals surface area contributed by atoms with Gasteiger partial charge in [0.25, 0.3) is 0 Å². The highest BCUT2D eigenvalue weighted by atomic mass is 32.2. The van der Waals surface area contributed by atoms with E-state index in [4.69, 9.17) is 4.74 Å². The number of aliphatic imine (C=N–C) groups is 1. The summed E-state index contributed by atoms with van der Waals surface area (Å²) in [5.41, 5.74) is 1.20. The maximum atomic E-state index is 13.0. The quantitative estimate of drug-likeness (QED) is 0.666. The number of thioether (sulfide) groups is 1. The van der Waals surface area contributed by atoms with Gasteiger partial charge in [-0.3, -0.25) is 14.5 Å². The van der Waals surface area contributed by atoms with Crippen molar-refractivity contribution < 1.29 is 18.7 Å². The molecule has 1 saturated heterocycles. The molecule has 6 nitrogen and oxygen atoms in total. The number of nitrogens with zero attached hydrogens (tertiary/aromatic N) is 2. The average Bonchev–Trinajstić information content (AvgIpc) is 3.02. The number of unbranched alkanes of at least 4 members (excludes halogenated alkanes) is 1. The number of hydrogen-bond acceptors (Lipinski definition) is 5. The summed E-state index contributed by atoms with van der Waals surface area (Å²) in [6.45, 7) is 2.62. The molecular weight excluding hydrogens is 405 g/mol. The second-order valence-corrected chi connectivity index (χ2v) is 7.97. The average molecular weight is 430 g/mol. The third-order valence-electron chi connectivity index (χ3n) is 4.55. The molecule has 0 bridgehead atoms. The molecule has 8 heteroatoms. The Morgan fingerprint density at radius 2 is 1.90 bits per heavy atom. The van der Waals surface area contributed by atoms with Gasteiger partial charge in [0.1, 0.15) is 16.8 Å². The smallest absolute Gasteiger partial charge is 0.242 e. The van der Waals surface area contributed by atoms with Gasteiger partial charge in [-0.1, -0.05) is 25.1 Å². The van der Waals surface area contributed by atoms with Gasteiger partial charge in [0.15, 0.2) is 5.17 Å². The summed E-state index contributed by atoms with van der Waals surface area (Å²) in [6.07, 6.45) is 1.81. The normalized spacial score (nSPS) is 17.4. The van der Waals surface area contributed by atoms with Crippen molar-refractivity contribution in [2.45, 2.75) is 31.4 Å². The Labute approximate surface area is 179 Å². The Kier molecular flexibility index (Phi) is 7.46. The molecule has 2 amide bonds. The van der Waals surface area contributed by atoms with Crippen LogP contribution in [0.15, 0.2) is 53.5 Å². The number of carbonyl (C=O) groups is 2. The van der Waals surface area contributed by atoms with Crippen LogP contribution in [0.25, 0.3) is 0 Å². The van der Waals surface area contributed by atoms with Gasteiger partial charge >= 0.3 is 0 Å². The van der Waals surface area contributed by atoms with Crippen molar-refractivity contribution in [3.05, 3.63) is 54.3 Å². The maximum Gasteiger partial charge on any atom is 0.242 e. The lowest BCUT2D eigenvalue weighted by Crippen LogP contribution is -2.34. The number of hydrogen-bond donors (Lipinski definition) is 1. The zero-order valence-corrected chi connectivity index (χ0v) is 17.7. The van der Waals surface area contributed by atoms with Crippen molar-refractivity contribution in [2.75, 3.05) is 19.0 Å². The summed E-state index contributed by atoms with van der Waals surface area (Å²) in [5, 5.41) is 2.76. The van der Waals surface area contributed by atoms with Gasteiger partial charge in [0, 0.05) is 18.7 Å². The van der Waals surface area contributed by atoms with Crippen LogP contribution < -0.4 is 10.1 Å². The van der Waals surface area contributed by atoms with Gasteiger partial charge in [-0.15, -0.1) is 0 Å². The van der Waals surface area contributed by atoms with Crippen molar-refractivity contribution in [3.63, 3.8) is 0 Å². The molecular formula is C22H24FN3O3S. The van der Waals surface area contributed by atoms with Crippen molar-refractivity contribution >= 4 is 40.1 Å². The first-order valence-electron chi connectivity index (χ1n) is 9.76. The molecule has 1 unspecified atom stereocenters. The molecule has 1 heterocycles. The number of amides is 2. The third kappa shape index (κ3) is 5.60. The van der Waals surface area contributed by atoms with Crippen molar-refractivity contribution in [1.29, 1.82) is 0 Å². The highest BCUT2D eigenvalue weighted by molar-refractivity contribution is 8.15. The number of methoxy groups -OCH3 is 1. The number of amidine groups is 1. The fourth-order valence-corrected chi connectivity index (χ4v) is 4.11. The lowest BCUT2D eigenvalue weighted by Gasteiger charge is -2.16. The van der Waals surface area contributed by atoms with E-state index in [2.05, 4.69) is 17.2 Å². The molecule has 1 aliphatic rings. The maximum absolute atomic E-state index is 13.0. The van der Waals surface area contributed by atoms with E-state index in [0.717, 1.165) is 18.6 Å². The molecule has 0 aliphatic carbocycles. The summed E-state index contributed by atoms with van der Waals surface area (Å²) in [6, 6.07) is 12.8. The van der Waals surface area contributed by atoms with Crippen molar-refractivity contribution in [3.8, 4) is 5.75 Å². The molecule has 30 heavy (non-hydrogen) atoms. The van der Waals surface area contributed by atoms with Crippen LogP contribution in [0.5, 0.6) is 5.75 Å². The van der Waals surface area contributed by atoms with E-state index in [-0.39, 0.29) is 24.1 Å². The Morgan fingerprint density at radius 3 is 2.53 bits per heavy atom. The second-order valence-electron chi connectivity index (χ2n) is 6.80. The fraction of sp³-hybridized carbons (Fsp3) is 0.318. The predicted octanol–water partition coefficient (Wildman–Crippen LogP) is 4.59. The first-order valence-corrected chi connectivity index (χ1v) is 10.6. The summed E-state index contributed by atoms with van der Waals surface area (Å²) in [5.74, 6) is -0.0590. The molecule has 1 atom stereocenters. The van der Waals surface area contributed by atoms with Crippen molar-refractivity contribution in [1.82, 2.24) is 4.90 Å². The zero-order valence-electron chi connectivity index (χ0n) is 16.9. The largest absolute Gasteiger partial charge is 0.497 e. The highest BCUT2D eigenvalue weighted by Gasteiger charge is 2.38. The number of ether oxygens (including phenoxy) is 1. The summed E-state index contributed by atoms with van der Waals surface area (Å²) in [4.78, 5) is 31.6. The van der Waals surface area contributed by atoms with Gasteiger partial charge in [0.2, 0.25) is 11.8 Å². The number of rotatable bonds is 8. The van der Waals surface area contributed by atoms with E-state index in [1.54, 1.807) is 12.0 Å². The number of benzene rings is 2. The molecule has 0 spiro atoms. The minimum atomic E-state index is -0.542. The van der Waals surface area contributed by atoms with E-state index >= 15 is 0 Å². The van der Waals surface area contributed by atoms with Crippen LogP contribution in [0.2, 0.25) is 0 Å². The fourth-order valence-electron chi connectivity index (χ4n) is 2.93. The summed E-state index contributed by atoms with van der Waals surface area (Å²) < 4.78 is 18.2. The van der Waals surface area contributed by atoms with E-state index in [1.165, 1.54) is 36.0 Å². The molecule has 0 radical (unpaired) electrons. The number of halogens is 1. The van der Waals surface area contributed by atoms with Crippen LogP contribution in [0.4, 0.5) is 15.8 Å². The van der Waals surface area contributed by atoms with Crippen molar-refractivity contribution in [2.24, 2.45) is 4.99 Å². The monoisotopic (exact) mass is 429 g/mol. The highest BCUT2D eigenvalue weighted by Crippen LogP contribution is 2.32. The molecule has 1 N–H and O–H groups in total. The predicted molar refractivity (Wildman–Crippen MR) is 118 cm³/mol. The zero-order chi connectivity index (χ0) is 21.5. The number of nitrogens with one attached hydrogen (secondary N) is 1. The van der Waals surface area contributed by atoms with E-state index < -0.39 is 5.25 Å². The molecule has 158 valence electrons. The number of carbonyl (C=O) groups excluding carboxylic acids is 2. The van der Waals surface area contributed by atoms with E-state index in [1.807, 2.05) is 24.3 Å². The minimum Gasteiger partial charge on any atom is -0.497 e. The first-order chi connectivity index (χ1) is 14.5. The summed E-state index contributed by atoms with van der Waals surface area (Å²) in [7, 11) is 1.60.